The zero-order valence-corrected chi connectivity index (χ0v) is 11.8. The van der Waals surface area contributed by atoms with E-state index in [-0.39, 0.29) is 0 Å². The molecule has 1 atom stereocenters. The molecule has 2 rings (SSSR count). The standard InChI is InChI=1S/C14H22N4/c1-5-13-16-12(10-18(13)4)7-6-11(2)14-15-8-9-17(14)3/h8-11H,5-7H2,1-4H3/p+2. The van der Waals surface area contributed by atoms with E-state index in [4.69, 9.17) is 0 Å². The summed E-state index contributed by atoms with van der Waals surface area (Å²) in [6.07, 6.45) is 9.56. The molecule has 1 unspecified atom stereocenters. The van der Waals surface area contributed by atoms with Crippen LogP contribution < -0.4 is 9.13 Å². The third kappa shape index (κ3) is 2.63. The zero-order chi connectivity index (χ0) is 13.1. The van der Waals surface area contributed by atoms with Gasteiger partial charge >= 0.3 is 0 Å². The molecule has 2 N–H and O–H groups in total. The second-order valence-electron chi connectivity index (χ2n) is 5.09. The second-order valence-corrected chi connectivity index (χ2v) is 5.09. The van der Waals surface area contributed by atoms with Crippen LogP contribution in [0.3, 0.4) is 0 Å². The third-order valence-electron chi connectivity index (χ3n) is 3.64. The maximum Gasteiger partial charge on any atom is 0.256 e. The Kier molecular flexibility index (Phi) is 3.84. The SMILES string of the molecule is CCc1[nH]c(CCC(C)c2[nH]cc[n+]2C)c[n+]1C. The van der Waals surface area contributed by atoms with Crippen LogP contribution in [0.25, 0.3) is 0 Å². The van der Waals surface area contributed by atoms with Crippen LogP contribution in [0.5, 0.6) is 0 Å². The Morgan fingerprint density at radius 2 is 2.06 bits per heavy atom. The van der Waals surface area contributed by atoms with Crippen molar-refractivity contribution in [3.8, 4) is 0 Å². The summed E-state index contributed by atoms with van der Waals surface area (Å²) in [6, 6.07) is 0. The Hall–Kier alpha value is -1.58. The third-order valence-corrected chi connectivity index (χ3v) is 3.64. The molecule has 0 fully saturated rings. The Bertz CT molecular complexity index is 510. The van der Waals surface area contributed by atoms with E-state index in [1.807, 2.05) is 6.20 Å². The lowest BCUT2D eigenvalue weighted by molar-refractivity contribution is -0.679. The Morgan fingerprint density at radius 3 is 2.61 bits per heavy atom. The first kappa shape index (κ1) is 12.9. The van der Waals surface area contributed by atoms with Gasteiger partial charge < -0.3 is 0 Å². The van der Waals surface area contributed by atoms with E-state index in [0.29, 0.717) is 5.92 Å². The highest BCUT2D eigenvalue weighted by Gasteiger charge is 2.18. The molecular formula is C14H24N4+2. The van der Waals surface area contributed by atoms with Gasteiger partial charge in [0.05, 0.1) is 20.0 Å². The lowest BCUT2D eigenvalue weighted by Gasteiger charge is -2.04. The van der Waals surface area contributed by atoms with E-state index < -0.39 is 0 Å². The van der Waals surface area contributed by atoms with Crippen molar-refractivity contribution >= 4 is 0 Å². The highest BCUT2D eigenvalue weighted by molar-refractivity contribution is 4.97. The Balaban J connectivity index is 1.97. The van der Waals surface area contributed by atoms with Crippen molar-refractivity contribution in [3.63, 3.8) is 0 Å². The molecule has 0 amide bonds. The largest absolute Gasteiger partial charge is 0.256 e. The van der Waals surface area contributed by atoms with Crippen molar-refractivity contribution in [1.82, 2.24) is 9.97 Å². The number of aryl methyl sites for hydroxylation is 4. The average molecular weight is 248 g/mol. The predicted octanol–water partition coefficient (Wildman–Crippen LogP) is 1.29. The van der Waals surface area contributed by atoms with Gasteiger partial charge in [-0.2, -0.15) is 0 Å². The number of aromatic nitrogens is 4. The fraction of sp³-hybridized carbons (Fsp3) is 0.571. The molecule has 4 heteroatoms. The molecule has 0 saturated carbocycles. The van der Waals surface area contributed by atoms with Gasteiger partial charge in [-0.05, 0) is 6.42 Å². The van der Waals surface area contributed by atoms with Gasteiger partial charge in [-0.15, -0.1) is 0 Å². The molecule has 0 bridgehead atoms. The van der Waals surface area contributed by atoms with Crippen molar-refractivity contribution in [2.45, 2.75) is 39.0 Å². The lowest BCUT2D eigenvalue weighted by Crippen LogP contribution is -2.31. The molecule has 0 aliphatic heterocycles. The van der Waals surface area contributed by atoms with Crippen molar-refractivity contribution in [3.05, 3.63) is 35.9 Å². The number of nitrogens with one attached hydrogen (secondary N) is 2. The fourth-order valence-electron chi connectivity index (χ4n) is 2.50. The summed E-state index contributed by atoms with van der Waals surface area (Å²) >= 11 is 0. The van der Waals surface area contributed by atoms with Gasteiger partial charge in [-0.3, -0.25) is 0 Å². The molecule has 2 heterocycles. The van der Waals surface area contributed by atoms with Gasteiger partial charge in [-0.1, -0.05) is 13.8 Å². The van der Waals surface area contributed by atoms with Crippen LogP contribution in [-0.2, 0) is 26.9 Å². The van der Waals surface area contributed by atoms with Gasteiger partial charge in [0.15, 0.2) is 0 Å². The number of hydrogen-bond acceptors (Lipinski definition) is 0. The quantitative estimate of drug-likeness (QED) is 0.749. The minimum atomic E-state index is 0.545. The predicted molar refractivity (Wildman–Crippen MR) is 70.1 cm³/mol. The summed E-state index contributed by atoms with van der Waals surface area (Å²) in [5, 5.41) is 0. The molecule has 18 heavy (non-hydrogen) atoms. The van der Waals surface area contributed by atoms with Crippen molar-refractivity contribution in [1.29, 1.82) is 0 Å². The summed E-state index contributed by atoms with van der Waals surface area (Å²) in [7, 11) is 4.19. The van der Waals surface area contributed by atoms with Crippen LogP contribution >= 0.6 is 0 Å². The normalized spacial score (nSPS) is 12.9. The molecule has 4 nitrogen and oxygen atoms in total. The van der Waals surface area contributed by atoms with E-state index in [1.54, 1.807) is 0 Å². The van der Waals surface area contributed by atoms with Crippen LogP contribution in [0.15, 0.2) is 18.6 Å². The molecule has 0 aliphatic rings. The molecule has 0 saturated heterocycles. The first-order chi connectivity index (χ1) is 8.61. The maximum atomic E-state index is 3.49. The summed E-state index contributed by atoms with van der Waals surface area (Å²) in [5.74, 6) is 3.13. The summed E-state index contributed by atoms with van der Waals surface area (Å²) in [4.78, 5) is 6.81. The summed E-state index contributed by atoms with van der Waals surface area (Å²) in [5.41, 5.74) is 1.33. The van der Waals surface area contributed by atoms with Crippen molar-refractivity contribution in [2.24, 2.45) is 14.1 Å². The van der Waals surface area contributed by atoms with E-state index >= 15 is 0 Å². The summed E-state index contributed by atoms with van der Waals surface area (Å²) < 4.78 is 4.35. The molecule has 0 radical (unpaired) electrons. The molecule has 98 valence electrons. The van der Waals surface area contributed by atoms with E-state index in [1.165, 1.54) is 17.3 Å². The fourth-order valence-corrected chi connectivity index (χ4v) is 2.50. The first-order valence-corrected chi connectivity index (χ1v) is 6.71. The topological polar surface area (TPSA) is 39.3 Å². The average Bonchev–Trinajstić information content (AvgIpc) is 2.92. The number of aromatic amines is 2. The van der Waals surface area contributed by atoms with E-state index in [0.717, 1.165) is 19.3 Å². The number of nitrogens with zero attached hydrogens (tertiary/aromatic N) is 2. The van der Waals surface area contributed by atoms with Crippen LogP contribution in [0.1, 0.15) is 43.5 Å². The highest BCUT2D eigenvalue weighted by atomic mass is 15.0. The smallest absolute Gasteiger partial charge is 0.247 e. The molecule has 0 aliphatic carbocycles. The van der Waals surface area contributed by atoms with Crippen LogP contribution in [0.4, 0.5) is 0 Å². The van der Waals surface area contributed by atoms with Gasteiger partial charge in [0.2, 0.25) is 0 Å². The van der Waals surface area contributed by atoms with Crippen molar-refractivity contribution in [2.75, 3.05) is 0 Å². The maximum absolute atomic E-state index is 3.49. The number of hydrogen-bond donors (Lipinski definition) is 2. The van der Waals surface area contributed by atoms with Gasteiger partial charge in [-0.25, -0.2) is 19.1 Å². The van der Waals surface area contributed by atoms with Gasteiger partial charge in [0, 0.05) is 12.8 Å². The Morgan fingerprint density at radius 1 is 1.28 bits per heavy atom. The van der Waals surface area contributed by atoms with Gasteiger partial charge in [0.1, 0.15) is 24.3 Å². The van der Waals surface area contributed by atoms with Crippen LogP contribution in [0.2, 0.25) is 0 Å². The number of H-pyrrole nitrogens is 2. The molecule has 2 aromatic rings. The second kappa shape index (κ2) is 5.38. The molecule has 0 aromatic carbocycles. The molecule has 0 spiro atoms. The number of rotatable bonds is 5. The summed E-state index contributed by atoms with van der Waals surface area (Å²) in [6.45, 7) is 4.45. The van der Waals surface area contributed by atoms with Crippen molar-refractivity contribution < 1.29 is 9.13 Å². The van der Waals surface area contributed by atoms with E-state index in [2.05, 4.69) is 59.4 Å². The highest BCUT2D eigenvalue weighted by Crippen LogP contribution is 2.15. The van der Waals surface area contributed by atoms with E-state index in [9.17, 15) is 0 Å². The van der Waals surface area contributed by atoms with Crippen LogP contribution in [-0.4, -0.2) is 9.97 Å². The van der Waals surface area contributed by atoms with Gasteiger partial charge in [0.25, 0.3) is 11.6 Å². The zero-order valence-electron chi connectivity index (χ0n) is 11.8. The number of imidazole rings is 2. The van der Waals surface area contributed by atoms with Crippen LogP contribution in [0, 0.1) is 0 Å². The minimum Gasteiger partial charge on any atom is -0.247 e. The lowest BCUT2D eigenvalue weighted by atomic mass is 10.0. The Labute approximate surface area is 109 Å². The molecule has 2 aromatic heterocycles. The monoisotopic (exact) mass is 248 g/mol. The molecular weight excluding hydrogens is 224 g/mol. The minimum absolute atomic E-state index is 0.545. The first-order valence-electron chi connectivity index (χ1n) is 6.71.